The molecule has 1 aliphatic heterocycles. The summed E-state index contributed by atoms with van der Waals surface area (Å²) in [7, 11) is -1.14. The van der Waals surface area contributed by atoms with Crippen molar-refractivity contribution in [2.75, 3.05) is 0 Å². The summed E-state index contributed by atoms with van der Waals surface area (Å²) < 4.78 is 0. The molecule has 10 heavy (non-hydrogen) atoms. The summed E-state index contributed by atoms with van der Waals surface area (Å²) >= 11 is 0. The van der Waals surface area contributed by atoms with Gasteiger partial charge in [0.1, 0.15) is 8.07 Å². The van der Waals surface area contributed by atoms with E-state index in [1.54, 1.807) is 0 Å². The molecule has 0 aromatic heterocycles. The lowest BCUT2D eigenvalue weighted by Crippen LogP contribution is -2.32. The van der Waals surface area contributed by atoms with Crippen LogP contribution in [0.15, 0.2) is 24.1 Å². The highest BCUT2D eigenvalue weighted by atomic mass is 28.3. The minimum absolute atomic E-state index is 1.14. The third kappa shape index (κ3) is 1.24. The van der Waals surface area contributed by atoms with Gasteiger partial charge in [0.25, 0.3) is 0 Å². The predicted octanol–water partition coefficient (Wildman–Crippen LogP) is 3.07. The van der Waals surface area contributed by atoms with Gasteiger partial charge in [-0.15, -0.1) is 13.2 Å². The van der Waals surface area contributed by atoms with E-state index in [1.165, 1.54) is 30.5 Å². The Morgan fingerprint density at radius 1 is 1.50 bits per heavy atom. The first-order chi connectivity index (χ1) is 4.69. The molecule has 0 N–H and O–H groups in total. The van der Waals surface area contributed by atoms with Gasteiger partial charge >= 0.3 is 0 Å². The molecule has 0 nitrogen and oxygen atoms in total. The van der Waals surface area contributed by atoms with Crippen molar-refractivity contribution in [1.82, 2.24) is 0 Å². The van der Waals surface area contributed by atoms with E-state index in [2.05, 4.69) is 25.4 Å². The Hall–Kier alpha value is -0.303. The molecule has 0 bridgehead atoms. The quantitative estimate of drug-likeness (QED) is 0.507. The molecule has 1 heteroatoms. The van der Waals surface area contributed by atoms with Crippen LogP contribution in [0, 0.1) is 0 Å². The third-order valence-electron chi connectivity index (χ3n) is 2.68. The van der Waals surface area contributed by atoms with Crippen LogP contribution in [0.5, 0.6) is 0 Å². The van der Waals surface area contributed by atoms with Gasteiger partial charge in [-0.3, -0.25) is 0 Å². The second kappa shape index (κ2) is 2.75. The van der Waals surface area contributed by atoms with E-state index in [-0.39, 0.29) is 0 Å². The Labute approximate surface area is 64.7 Å². The fourth-order valence-corrected chi connectivity index (χ4v) is 4.12. The van der Waals surface area contributed by atoms with Crippen LogP contribution >= 0.6 is 0 Å². The molecule has 1 fully saturated rings. The molecule has 0 spiro atoms. The smallest absolute Gasteiger partial charge is 0.101 e. The monoisotopic (exact) mass is 152 g/mol. The van der Waals surface area contributed by atoms with Gasteiger partial charge in [-0.1, -0.05) is 36.3 Å². The molecule has 0 aliphatic carbocycles. The molecule has 1 unspecified atom stereocenters. The SMILES string of the molecule is C=C[Si]1(C)CCCCC1=C. The second-order valence-electron chi connectivity index (χ2n) is 3.43. The Morgan fingerprint density at radius 2 is 2.20 bits per heavy atom. The van der Waals surface area contributed by atoms with Crippen molar-refractivity contribution in [3.8, 4) is 0 Å². The van der Waals surface area contributed by atoms with Crippen molar-refractivity contribution in [3.05, 3.63) is 24.1 Å². The van der Waals surface area contributed by atoms with Gasteiger partial charge in [-0.2, -0.15) is 0 Å². The maximum Gasteiger partial charge on any atom is 0.101 e. The van der Waals surface area contributed by atoms with Gasteiger partial charge in [-0.05, 0) is 6.42 Å². The molecule has 56 valence electrons. The van der Waals surface area contributed by atoms with Crippen LogP contribution in [0.25, 0.3) is 0 Å². The summed E-state index contributed by atoms with van der Waals surface area (Å²) in [5.74, 6) is 0. The first-order valence-corrected chi connectivity index (χ1v) is 6.79. The van der Waals surface area contributed by atoms with Gasteiger partial charge in [-0.25, -0.2) is 0 Å². The van der Waals surface area contributed by atoms with Crippen LogP contribution in [0.1, 0.15) is 19.3 Å². The topological polar surface area (TPSA) is 0 Å². The second-order valence-corrected chi connectivity index (χ2v) is 7.88. The summed E-state index contributed by atoms with van der Waals surface area (Å²) in [6, 6.07) is 1.38. The number of hydrogen-bond donors (Lipinski definition) is 0. The molecule has 1 saturated heterocycles. The Morgan fingerprint density at radius 3 is 2.60 bits per heavy atom. The van der Waals surface area contributed by atoms with Crippen LogP contribution in [-0.2, 0) is 0 Å². The summed E-state index contributed by atoms with van der Waals surface area (Å²) in [5.41, 5.74) is 2.19. The molecule has 0 amide bonds. The van der Waals surface area contributed by atoms with Crippen molar-refractivity contribution >= 4 is 8.07 Å². The molecule has 1 atom stereocenters. The van der Waals surface area contributed by atoms with Crippen LogP contribution in [0.3, 0.4) is 0 Å². The average Bonchev–Trinajstić information content (AvgIpc) is 1.96. The van der Waals surface area contributed by atoms with Gasteiger partial charge in [0.05, 0.1) is 0 Å². The minimum Gasteiger partial charge on any atom is -0.107 e. The first kappa shape index (κ1) is 7.80. The zero-order chi connectivity index (χ0) is 7.61. The van der Waals surface area contributed by atoms with Crippen LogP contribution in [-0.4, -0.2) is 8.07 Å². The molecule has 1 rings (SSSR count). The zero-order valence-corrected chi connectivity index (χ0v) is 7.82. The lowest BCUT2D eigenvalue weighted by Gasteiger charge is -2.30. The molecule has 0 radical (unpaired) electrons. The van der Waals surface area contributed by atoms with E-state index in [0.717, 1.165) is 0 Å². The summed E-state index contributed by atoms with van der Waals surface area (Å²) in [6.45, 7) is 10.4. The summed E-state index contributed by atoms with van der Waals surface area (Å²) in [4.78, 5) is 0. The van der Waals surface area contributed by atoms with E-state index in [0.29, 0.717) is 0 Å². The summed E-state index contributed by atoms with van der Waals surface area (Å²) in [6.07, 6.45) is 4.01. The van der Waals surface area contributed by atoms with Crippen molar-refractivity contribution in [3.63, 3.8) is 0 Å². The molecule has 1 aliphatic rings. The van der Waals surface area contributed by atoms with Crippen molar-refractivity contribution < 1.29 is 0 Å². The fraction of sp³-hybridized carbons (Fsp3) is 0.556. The maximum absolute atomic E-state index is 4.13. The number of allylic oxidation sites excluding steroid dienone is 1. The average molecular weight is 152 g/mol. The van der Waals surface area contributed by atoms with E-state index < -0.39 is 8.07 Å². The predicted molar refractivity (Wildman–Crippen MR) is 49.6 cm³/mol. The van der Waals surface area contributed by atoms with Gasteiger partial charge in [0.15, 0.2) is 0 Å². The van der Waals surface area contributed by atoms with Gasteiger partial charge < -0.3 is 0 Å². The molecule has 0 aromatic carbocycles. The molecule has 0 aromatic rings. The summed E-state index contributed by atoms with van der Waals surface area (Å²) in [5, 5.41) is 1.51. The van der Waals surface area contributed by atoms with Gasteiger partial charge in [0.2, 0.25) is 0 Å². The molecular formula is C9H16Si. The third-order valence-corrected chi connectivity index (χ3v) is 6.84. The number of hydrogen-bond acceptors (Lipinski definition) is 0. The largest absolute Gasteiger partial charge is 0.107 e. The molecular weight excluding hydrogens is 136 g/mol. The molecule has 0 saturated carbocycles. The fourth-order valence-electron chi connectivity index (χ4n) is 1.54. The zero-order valence-electron chi connectivity index (χ0n) is 6.82. The Bertz CT molecular complexity index is 160. The standard InChI is InChI=1S/C9H16Si/c1-4-10(3)8-6-5-7-9(10)2/h4H,1-2,5-8H2,3H3. The van der Waals surface area contributed by atoms with Crippen molar-refractivity contribution in [1.29, 1.82) is 0 Å². The number of rotatable bonds is 1. The van der Waals surface area contributed by atoms with E-state index in [4.69, 9.17) is 0 Å². The van der Waals surface area contributed by atoms with E-state index in [9.17, 15) is 0 Å². The normalized spacial score (nSPS) is 33.9. The highest BCUT2D eigenvalue weighted by Crippen LogP contribution is 2.31. The lowest BCUT2D eigenvalue weighted by molar-refractivity contribution is 0.765. The van der Waals surface area contributed by atoms with Gasteiger partial charge in [0, 0.05) is 0 Å². The highest BCUT2D eigenvalue weighted by Gasteiger charge is 2.28. The van der Waals surface area contributed by atoms with Crippen molar-refractivity contribution in [2.45, 2.75) is 31.9 Å². The van der Waals surface area contributed by atoms with E-state index >= 15 is 0 Å². The molecule has 1 heterocycles. The Balaban J connectivity index is 2.72. The highest BCUT2D eigenvalue weighted by molar-refractivity contribution is 6.89. The Kier molecular flexibility index (Phi) is 2.14. The minimum atomic E-state index is -1.14. The first-order valence-electron chi connectivity index (χ1n) is 4.01. The van der Waals surface area contributed by atoms with Crippen LogP contribution < -0.4 is 0 Å². The van der Waals surface area contributed by atoms with Crippen molar-refractivity contribution in [2.24, 2.45) is 0 Å². The lowest BCUT2D eigenvalue weighted by atomic mass is 10.2. The van der Waals surface area contributed by atoms with Crippen LogP contribution in [0.2, 0.25) is 12.6 Å². The van der Waals surface area contributed by atoms with Crippen LogP contribution in [0.4, 0.5) is 0 Å². The van der Waals surface area contributed by atoms with E-state index in [1.807, 2.05) is 0 Å². The maximum atomic E-state index is 4.13.